The van der Waals surface area contributed by atoms with Crippen LogP contribution in [0.25, 0.3) is 11.6 Å². The van der Waals surface area contributed by atoms with Gasteiger partial charge in [0.05, 0.1) is 12.8 Å². The molecule has 0 saturated carbocycles. The zero-order valence-corrected chi connectivity index (χ0v) is 19.0. The summed E-state index contributed by atoms with van der Waals surface area (Å²) in [4.78, 5) is 12.7. The molecular formula is C25H26N4O2S. The number of amides is 1. The van der Waals surface area contributed by atoms with Crippen LogP contribution in [0.4, 0.5) is 0 Å². The normalized spacial score (nSPS) is 11.1. The van der Waals surface area contributed by atoms with Crippen molar-refractivity contribution in [3.63, 3.8) is 0 Å². The first-order valence-corrected chi connectivity index (χ1v) is 11.6. The highest BCUT2D eigenvalue weighted by Crippen LogP contribution is 2.28. The summed E-state index contributed by atoms with van der Waals surface area (Å²) >= 11 is 1.56. The lowest BCUT2D eigenvalue weighted by molar-refractivity contribution is 0.0948. The third kappa shape index (κ3) is 5.29. The average molecular weight is 447 g/mol. The van der Waals surface area contributed by atoms with E-state index >= 15 is 0 Å². The molecule has 0 radical (unpaired) electrons. The van der Waals surface area contributed by atoms with E-state index in [1.54, 1.807) is 18.0 Å². The van der Waals surface area contributed by atoms with E-state index in [0.29, 0.717) is 41.9 Å². The Hall–Kier alpha value is -3.32. The number of aromatic nitrogens is 3. The maximum atomic E-state index is 12.7. The minimum absolute atomic E-state index is 0.0445. The van der Waals surface area contributed by atoms with Crippen LogP contribution >= 0.6 is 11.8 Å². The van der Waals surface area contributed by atoms with E-state index < -0.39 is 0 Å². The molecule has 0 bridgehead atoms. The summed E-state index contributed by atoms with van der Waals surface area (Å²) in [5.74, 6) is 2.32. The Morgan fingerprint density at radius 3 is 2.56 bits per heavy atom. The number of furan rings is 1. The van der Waals surface area contributed by atoms with Crippen molar-refractivity contribution in [2.45, 2.75) is 31.3 Å². The third-order valence-electron chi connectivity index (χ3n) is 4.93. The second-order valence-electron chi connectivity index (χ2n) is 7.90. The van der Waals surface area contributed by atoms with Crippen LogP contribution in [0.1, 0.15) is 35.3 Å². The van der Waals surface area contributed by atoms with Gasteiger partial charge >= 0.3 is 0 Å². The topological polar surface area (TPSA) is 73.0 Å². The maximum Gasteiger partial charge on any atom is 0.251 e. The number of nitrogens with one attached hydrogen (secondary N) is 1. The minimum Gasteiger partial charge on any atom is -0.461 e. The van der Waals surface area contributed by atoms with Crippen LogP contribution in [0.2, 0.25) is 0 Å². The van der Waals surface area contributed by atoms with Crippen LogP contribution in [0, 0.1) is 5.92 Å². The number of hydrogen-bond acceptors (Lipinski definition) is 5. The molecule has 4 rings (SSSR count). The van der Waals surface area contributed by atoms with Gasteiger partial charge in [-0.1, -0.05) is 74.1 Å². The largest absolute Gasteiger partial charge is 0.461 e. The Balaban J connectivity index is 1.57. The summed E-state index contributed by atoms with van der Waals surface area (Å²) < 4.78 is 7.64. The molecule has 164 valence electrons. The van der Waals surface area contributed by atoms with Gasteiger partial charge in [0, 0.05) is 17.9 Å². The number of hydrogen-bond donors (Lipinski definition) is 1. The SMILES string of the molecule is CC(C)CNC(=O)c1ccccc1CSc1nnc(-c2ccco2)n1Cc1ccccc1. The Morgan fingerprint density at radius 1 is 1.03 bits per heavy atom. The van der Waals surface area contributed by atoms with Gasteiger partial charge in [-0.3, -0.25) is 9.36 Å². The molecule has 32 heavy (non-hydrogen) atoms. The van der Waals surface area contributed by atoms with Gasteiger partial charge in [-0.05, 0) is 35.2 Å². The van der Waals surface area contributed by atoms with Gasteiger partial charge in [-0.15, -0.1) is 10.2 Å². The van der Waals surface area contributed by atoms with E-state index in [1.165, 1.54) is 0 Å². The van der Waals surface area contributed by atoms with E-state index in [9.17, 15) is 4.79 Å². The van der Waals surface area contributed by atoms with E-state index in [-0.39, 0.29) is 5.91 Å². The summed E-state index contributed by atoms with van der Waals surface area (Å²) in [6, 6.07) is 21.6. The molecule has 2 heterocycles. The second kappa shape index (κ2) is 10.3. The zero-order chi connectivity index (χ0) is 22.3. The fourth-order valence-electron chi connectivity index (χ4n) is 3.29. The van der Waals surface area contributed by atoms with Gasteiger partial charge in [0.2, 0.25) is 5.82 Å². The molecule has 7 heteroatoms. The average Bonchev–Trinajstić information content (AvgIpc) is 3.47. The first-order chi connectivity index (χ1) is 15.6. The lowest BCUT2D eigenvalue weighted by Crippen LogP contribution is -2.28. The summed E-state index contributed by atoms with van der Waals surface area (Å²) in [7, 11) is 0. The predicted octanol–water partition coefficient (Wildman–Crippen LogP) is 5.26. The lowest BCUT2D eigenvalue weighted by atomic mass is 10.1. The van der Waals surface area contributed by atoms with Gasteiger partial charge < -0.3 is 9.73 Å². The molecule has 0 aliphatic carbocycles. The van der Waals surface area contributed by atoms with Crippen LogP contribution in [0.3, 0.4) is 0 Å². The standard InChI is InChI=1S/C25H26N4O2S/c1-18(2)15-26-24(30)21-12-7-6-11-20(21)17-32-25-28-27-23(22-13-8-14-31-22)29(25)16-19-9-4-3-5-10-19/h3-14,18H,15-17H2,1-2H3,(H,26,30). The number of carbonyl (C=O) groups excluding carboxylic acids is 1. The van der Waals surface area contributed by atoms with Crippen LogP contribution in [-0.2, 0) is 12.3 Å². The highest BCUT2D eigenvalue weighted by atomic mass is 32.2. The molecular weight excluding hydrogens is 420 g/mol. The van der Waals surface area contributed by atoms with Crippen molar-refractivity contribution >= 4 is 17.7 Å². The highest BCUT2D eigenvalue weighted by Gasteiger charge is 2.18. The highest BCUT2D eigenvalue weighted by molar-refractivity contribution is 7.98. The quantitative estimate of drug-likeness (QED) is 0.355. The van der Waals surface area contributed by atoms with Crippen LogP contribution in [-0.4, -0.2) is 27.2 Å². The molecule has 0 unspecified atom stereocenters. The Bertz CT molecular complexity index is 1150. The van der Waals surface area contributed by atoms with Crippen molar-refractivity contribution in [3.8, 4) is 11.6 Å². The second-order valence-corrected chi connectivity index (χ2v) is 8.85. The first-order valence-electron chi connectivity index (χ1n) is 10.6. The monoisotopic (exact) mass is 446 g/mol. The molecule has 0 aliphatic rings. The molecule has 0 fully saturated rings. The number of thioether (sulfide) groups is 1. The van der Waals surface area contributed by atoms with Gasteiger partial charge in [0.1, 0.15) is 0 Å². The third-order valence-corrected chi connectivity index (χ3v) is 5.95. The Kier molecular flexibility index (Phi) is 7.07. The summed E-state index contributed by atoms with van der Waals surface area (Å²) in [6.07, 6.45) is 1.63. The molecule has 1 N–H and O–H groups in total. The Morgan fingerprint density at radius 2 is 1.81 bits per heavy atom. The molecule has 1 amide bonds. The van der Waals surface area contributed by atoms with Gasteiger partial charge in [0.15, 0.2) is 10.9 Å². The van der Waals surface area contributed by atoms with Gasteiger partial charge in [0.25, 0.3) is 5.91 Å². The Labute approximate surface area is 192 Å². The van der Waals surface area contributed by atoms with E-state index in [1.807, 2.05) is 54.6 Å². The van der Waals surface area contributed by atoms with Crippen LogP contribution in [0.5, 0.6) is 0 Å². The van der Waals surface area contributed by atoms with Gasteiger partial charge in [-0.2, -0.15) is 0 Å². The number of carbonyl (C=O) groups is 1. The van der Waals surface area contributed by atoms with Crippen molar-refractivity contribution in [2.75, 3.05) is 6.54 Å². The zero-order valence-electron chi connectivity index (χ0n) is 18.2. The van der Waals surface area contributed by atoms with Crippen molar-refractivity contribution < 1.29 is 9.21 Å². The molecule has 0 aliphatic heterocycles. The smallest absolute Gasteiger partial charge is 0.251 e. The van der Waals surface area contributed by atoms with Crippen molar-refractivity contribution in [1.29, 1.82) is 0 Å². The van der Waals surface area contributed by atoms with Crippen molar-refractivity contribution in [2.24, 2.45) is 5.92 Å². The van der Waals surface area contributed by atoms with Crippen molar-refractivity contribution in [1.82, 2.24) is 20.1 Å². The van der Waals surface area contributed by atoms with E-state index in [4.69, 9.17) is 4.42 Å². The molecule has 0 saturated heterocycles. The first kappa shape index (κ1) is 21.9. The maximum absolute atomic E-state index is 12.7. The van der Waals surface area contributed by atoms with E-state index in [2.05, 4.69) is 46.1 Å². The number of nitrogens with zero attached hydrogens (tertiary/aromatic N) is 3. The molecule has 0 spiro atoms. The number of benzene rings is 2. The molecule has 2 aromatic carbocycles. The summed E-state index contributed by atoms with van der Waals surface area (Å²) in [6.45, 7) is 5.44. The predicted molar refractivity (Wildman–Crippen MR) is 126 cm³/mol. The minimum atomic E-state index is -0.0445. The lowest BCUT2D eigenvalue weighted by Gasteiger charge is -2.12. The number of rotatable bonds is 9. The van der Waals surface area contributed by atoms with Gasteiger partial charge in [-0.25, -0.2) is 0 Å². The fraction of sp³-hybridized carbons (Fsp3) is 0.240. The molecule has 6 nitrogen and oxygen atoms in total. The van der Waals surface area contributed by atoms with Crippen molar-refractivity contribution in [3.05, 3.63) is 89.7 Å². The fourth-order valence-corrected chi connectivity index (χ4v) is 4.24. The summed E-state index contributed by atoms with van der Waals surface area (Å²) in [5, 5.41) is 12.6. The molecule has 4 aromatic rings. The van der Waals surface area contributed by atoms with E-state index in [0.717, 1.165) is 16.3 Å². The van der Waals surface area contributed by atoms with Crippen LogP contribution < -0.4 is 5.32 Å². The molecule has 0 atom stereocenters. The van der Waals surface area contributed by atoms with Crippen LogP contribution in [0.15, 0.2) is 82.6 Å². The summed E-state index contributed by atoms with van der Waals surface area (Å²) in [5.41, 5.74) is 2.81. The molecule has 2 aromatic heterocycles.